The van der Waals surface area contributed by atoms with Crippen LogP contribution in [0.2, 0.25) is 0 Å². The number of amides is 2. The van der Waals surface area contributed by atoms with Crippen LogP contribution in [0.1, 0.15) is 24.2 Å². The highest BCUT2D eigenvalue weighted by atomic mass is 16.2. The highest BCUT2D eigenvalue weighted by Gasteiger charge is 2.17. The molecule has 0 saturated heterocycles. The van der Waals surface area contributed by atoms with Crippen molar-refractivity contribution in [3.63, 3.8) is 0 Å². The smallest absolute Gasteiger partial charge is 0.252 e. The maximum atomic E-state index is 12.7. The Bertz CT molecular complexity index is 934. The first kappa shape index (κ1) is 17.6. The molecule has 2 heterocycles. The van der Waals surface area contributed by atoms with Crippen LogP contribution in [0.3, 0.4) is 0 Å². The Morgan fingerprint density at radius 2 is 1.85 bits per heavy atom. The number of nitrogens with zero attached hydrogens (tertiary/aromatic N) is 3. The van der Waals surface area contributed by atoms with E-state index in [-0.39, 0.29) is 11.8 Å². The van der Waals surface area contributed by atoms with Crippen LogP contribution in [0.5, 0.6) is 0 Å². The molecule has 0 aliphatic rings. The molecule has 0 spiro atoms. The molecule has 0 atom stereocenters. The number of hydrogen-bond acceptors (Lipinski definition) is 4. The van der Waals surface area contributed by atoms with Gasteiger partial charge < -0.3 is 10.6 Å². The maximum Gasteiger partial charge on any atom is 0.252 e. The van der Waals surface area contributed by atoms with E-state index in [1.807, 2.05) is 37.3 Å². The highest BCUT2D eigenvalue weighted by molar-refractivity contribution is 6.06. The topological polar surface area (TPSA) is 88.9 Å². The first-order valence-electron chi connectivity index (χ1n) is 8.54. The number of pyridine rings is 1. The summed E-state index contributed by atoms with van der Waals surface area (Å²) in [4.78, 5) is 28.3. The summed E-state index contributed by atoms with van der Waals surface area (Å²) >= 11 is 0. The van der Waals surface area contributed by atoms with E-state index in [2.05, 4.69) is 15.7 Å². The van der Waals surface area contributed by atoms with Crippen molar-refractivity contribution in [1.82, 2.24) is 25.4 Å². The van der Waals surface area contributed by atoms with Gasteiger partial charge in [0, 0.05) is 32.1 Å². The molecule has 3 aromatic rings. The van der Waals surface area contributed by atoms with Gasteiger partial charge in [0.15, 0.2) is 5.65 Å². The fourth-order valence-corrected chi connectivity index (χ4v) is 2.73. The second-order valence-electron chi connectivity index (χ2n) is 5.86. The summed E-state index contributed by atoms with van der Waals surface area (Å²) in [7, 11) is 0. The lowest BCUT2D eigenvalue weighted by Gasteiger charge is -2.09. The van der Waals surface area contributed by atoms with E-state index >= 15 is 0 Å². The third-order valence-electron chi connectivity index (χ3n) is 4.01. The molecule has 0 bridgehead atoms. The van der Waals surface area contributed by atoms with Gasteiger partial charge in [-0.3, -0.25) is 9.59 Å². The molecule has 2 amide bonds. The standard InChI is InChI=1S/C19H21N5O2/c1-3-24-18-16(12-22-24)15(19(26)21-10-9-20-13(2)25)11-17(23-18)14-7-5-4-6-8-14/h4-8,11-12H,3,9-10H2,1-2H3,(H,20,25)(H,21,26). The third kappa shape index (κ3) is 3.72. The Kier molecular flexibility index (Phi) is 5.26. The minimum Gasteiger partial charge on any atom is -0.355 e. The van der Waals surface area contributed by atoms with Crippen LogP contribution in [0.15, 0.2) is 42.6 Å². The number of nitrogens with one attached hydrogen (secondary N) is 2. The molecule has 0 fully saturated rings. The summed E-state index contributed by atoms with van der Waals surface area (Å²) in [5.74, 6) is -0.336. The zero-order valence-corrected chi connectivity index (χ0v) is 14.8. The molecule has 0 radical (unpaired) electrons. The van der Waals surface area contributed by atoms with Gasteiger partial charge in [0.1, 0.15) is 0 Å². The Labute approximate surface area is 151 Å². The number of aryl methyl sites for hydroxylation is 1. The fraction of sp³-hybridized carbons (Fsp3) is 0.263. The van der Waals surface area contributed by atoms with Crippen molar-refractivity contribution < 1.29 is 9.59 Å². The fourth-order valence-electron chi connectivity index (χ4n) is 2.73. The van der Waals surface area contributed by atoms with Crippen molar-refractivity contribution >= 4 is 22.8 Å². The summed E-state index contributed by atoms with van der Waals surface area (Å²) in [5.41, 5.74) is 2.86. The number of carbonyl (C=O) groups excluding carboxylic acids is 2. The SMILES string of the molecule is CCn1ncc2c(C(=O)NCCNC(C)=O)cc(-c3ccccc3)nc21. The van der Waals surface area contributed by atoms with Gasteiger partial charge in [-0.05, 0) is 13.0 Å². The van der Waals surface area contributed by atoms with Gasteiger partial charge in [0.25, 0.3) is 5.91 Å². The van der Waals surface area contributed by atoms with Crippen molar-refractivity contribution in [3.05, 3.63) is 48.2 Å². The zero-order valence-electron chi connectivity index (χ0n) is 14.8. The molecule has 7 nitrogen and oxygen atoms in total. The van der Waals surface area contributed by atoms with E-state index in [1.54, 1.807) is 16.9 Å². The summed E-state index contributed by atoms with van der Waals surface area (Å²) < 4.78 is 1.77. The van der Waals surface area contributed by atoms with Gasteiger partial charge in [-0.15, -0.1) is 0 Å². The molecule has 134 valence electrons. The Morgan fingerprint density at radius 1 is 1.12 bits per heavy atom. The van der Waals surface area contributed by atoms with Gasteiger partial charge in [0.2, 0.25) is 5.91 Å². The van der Waals surface area contributed by atoms with Crippen LogP contribution in [-0.4, -0.2) is 39.7 Å². The minimum atomic E-state index is -0.212. The molecule has 0 saturated carbocycles. The Balaban J connectivity index is 1.96. The van der Waals surface area contributed by atoms with E-state index in [4.69, 9.17) is 4.98 Å². The largest absolute Gasteiger partial charge is 0.355 e. The van der Waals surface area contributed by atoms with Crippen LogP contribution < -0.4 is 10.6 Å². The lowest BCUT2D eigenvalue weighted by Crippen LogP contribution is -2.33. The van der Waals surface area contributed by atoms with E-state index in [1.165, 1.54) is 6.92 Å². The average Bonchev–Trinajstić information content (AvgIpc) is 3.08. The summed E-state index contributed by atoms with van der Waals surface area (Å²) in [6, 6.07) is 11.5. The maximum absolute atomic E-state index is 12.7. The van der Waals surface area contributed by atoms with E-state index in [9.17, 15) is 9.59 Å². The molecule has 2 aromatic heterocycles. The zero-order chi connectivity index (χ0) is 18.5. The highest BCUT2D eigenvalue weighted by Crippen LogP contribution is 2.24. The van der Waals surface area contributed by atoms with E-state index < -0.39 is 0 Å². The van der Waals surface area contributed by atoms with Gasteiger partial charge in [0.05, 0.1) is 22.8 Å². The molecular weight excluding hydrogens is 330 g/mol. The summed E-state index contributed by atoms with van der Waals surface area (Å²) in [6.45, 7) is 4.83. The summed E-state index contributed by atoms with van der Waals surface area (Å²) in [5, 5.41) is 10.5. The molecule has 26 heavy (non-hydrogen) atoms. The first-order valence-corrected chi connectivity index (χ1v) is 8.54. The van der Waals surface area contributed by atoms with Crippen molar-refractivity contribution in [2.24, 2.45) is 0 Å². The van der Waals surface area contributed by atoms with Gasteiger partial charge in [-0.2, -0.15) is 5.10 Å². The number of aromatic nitrogens is 3. The minimum absolute atomic E-state index is 0.124. The van der Waals surface area contributed by atoms with Crippen molar-refractivity contribution in [2.45, 2.75) is 20.4 Å². The predicted octanol–water partition coefficient (Wildman–Crippen LogP) is 1.98. The Hall–Kier alpha value is -3.22. The number of fused-ring (bicyclic) bond motifs is 1. The van der Waals surface area contributed by atoms with Crippen LogP contribution in [0.4, 0.5) is 0 Å². The number of carbonyl (C=O) groups is 2. The van der Waals surface area contributed by atoms with Crippen molar-refractivity contribution in [3.8, 4) is 11.3 Å². The van der Waals surface area contributed by atoms with Crippen molar-refractivity contribution in [1.29, 1.82) is 0 Å². The number of rotatable bonds is 6. The van der Waals surface area contributed by atoms with E-state index in [0.29, 0.717) is 36.2 Å². The monoisotopic (exact) mass is 351 g/mol. The lowest BCUT2D eigenvalue weighted by atomic mass is 10.1. The summed E-state index contributed by atoms with van der Waals surface area (Å²) in [6.07, 6.45) is 1.67. The van der Waals surface area contributed by atoms with Crippen molar-refractivity contribution in [2.75, 3.05) is 13.1 Å². The van der Waals surface area contributed by atoms with Gasteiger partial charge in [-0.25, -0.2) is 9.67 Å². The second kappa shape index (κ2) is 7.77. The third-order valence-corrected chi connectivity index (χ3v) is 4.01. The Morgan fingerprint density at radius 3 is 2.54 bits per heavy atom. The van der Waals surface area contributed by atoms with E-state index in [0.717, 1.165) is 11.3 Å². The molecule has 3 rings (SSSR count). The van der Waals surface area contributed by atoms with Gasteiger partial charge >= 0.3 is 0 Å². The molecule has 1 aromatic carbocycles. The molecule has 0 aliphatic heterocycles. The van der Waals surface area contributed by atoms with Crippen LogP contribution in [0.25, 0.3) is 22.3 Å². The second-order valence-corrected chi connectivity index (χ2v) is 5.86. The van der Waals surface area contributed by atoms with Crippen LogP contribution in [-0.2, 0) is 11.3 Å². The number of benzene rings is 1. The molecule has 7 heteroatoms. The van der Waals surface area contributed by atoms with Gasteiger partial charge in [-0.1, -0.05) is 30.3 Å². The molecular formula is C19H21N5O2. The number of hydrogen-bond donors (Lipinski definition) is 2. The lowest BCUT2D eigenvalue weighted by molar-refractivity contribution is -0.118. The predicted molar refractivity (Wildman–Crippen MR) is 99.7 cm³/mol. The molecule has 0 unspecified atom stereocenters. The first-order chi connectivity index (χ1) is 12.6. The molecule has 2 N–H and O–H groups in total. The molecule has 0 aliphatic carbocycles. The quantitative estimate of drug-likeness (QED) is 0.665. The average molecular weight is 351 g/mol. The van der Waals surface area contributed by atoms with Crippen LogP contribution in [0, 0.1) is 0 Å². The normalized spacial score (nSPS) is 10.7. The van der Waals surface area contributed by atoms with Crippen LogP contribution >= 0.6 is 0 Å².